The second-order valence-corrected chi connectivity index (χ2v) is 8.23. The van der Waals surface area contributed by atoms with Crippen LogP contribution in [0.4, 0.5) is 0 Å². The number of nitrogens with zero attached hydrogens (tertiary/aromatic N) is 1. The summed E-state index contributed by atoms with van der Waals surface area (Å²) in [6.45, 7) is 6.22. The van der Waals surface area contributed by atoms with Gasteiger partial charge in [-0.25, -0.2) is 0 Å². The van der Waals surface area contributed by atoms with E-state index in [0.717, 1.165) is 18.8 Å². The van der Waals surface area contributed by atoms with Crippen LogP contribution < -0.4 is 5.32 Å². The van der Waals surface area contributed by atoms with Gasteiger partial charge in [-0.05, 0) is 29.9 Å². The maximum absolute atomic E-state index is 12.7. The Labute approximate surface area is 156 Å². The van der Waals surface area contributed by atoms with E-state index >= 15 is 0 Å². The van der Waals surface area contributed by atoms with Gasteiger partial charge in [-0.15, -0.1) is 12.4 Å². The first kappa shape index (κ1) is 19.6. The van der Waals surface area contributed by atoms with Gasteiger partial charge in [-0.1, -0.05) is 38.1 Å². The molecule has 3 rings (SSSR count). The van der Waals surface area contributed by atoms with Crippen molar-refractivity contribution in [1.82, 2.24) is 10.2 Å². The van der Waals surface area contributed by atoms with Crippen LogP contribution in [-0.4, -0.2) is 40.9 Å². The average molecular weight is 369 g/mol. The van der Waals surface area contributed by atoms with Crippen LogP contribution in [0.15, 0.2) is 24.3 Å². The van der Waals surface area contributed by atoms with Gasteiger partial charge in [0.1, 0.15) is 0 Å². The summed E-state index contributed by atoms with van der Waals surface area (Å²) in [5, 5.41) is 3.48. The third kappa shape index (κ3) is 5.40. The second-order valence-electron chi connectivity index (χ2n) is 7.08. The Morgan fingerprint density at radius 1 is 1.29 bits per heavy atom. The first-order chi connectivity index (χ1) is 11.1. The Bertz CT molecular complexity index is 525. The standard InChI is InChI=1S/C19H28N2OS.ClH/c1-14(2)16-5-3-15(4-6-16)12-21(18-7-8-18)19(22)11-17-13-23-10-9-20-17;/h3-6,14,17-18,20H,7-13H2,1-2H3;1H. The predicted octanol–water partition coefficient (Wildman–Crippen LogP) is 3.82. The highest BCUT2D eigenvalue weighted by molar-refractivity contribution is 7.99. The smallest absolute Gasteiger partial charge is 0.224 e. The molecule has 1 saturated carbocycles. The Kier molecular flexibility index (Phi) is 7.45. The molecule has 0 spiro atoms. The van der Waals surface area contributed by atoms with Crippen LogP contribution in [0.2, 0.25) is 0 Å². The van der Waals surface area contributed by atoms with Crippen molar-refractivity contribution in [3.63, 3.8) is 0 Å². The quantitative estimate of drug-likeness (QED) is 0.828. The molecule has 0 bridgehead atoms. The van der Waals surface area contributed by atoms with Crippen LogP contribution in [0, 0.1) is 0 Å². The number of thioether (sulfide) groups is 1. The van der Waals surface area contributed by atoms with E-state index in [1.807, 2.05) is 11.8 Å². The molecule has 1 aliphatic carbocycles. The van der Waals surface area contributed by atoms with Gasteiger partial charge in [-0.3, -0.25) is 4.79 Å². The zero-order valence-corrected chi connectivity index (χ0v) is 16.3. The van der Waals surface area contributed by atoms with E-state index in [0.29, 0.717) is 30.3 Å². The molecule has 1 aliphatic heterocycles. The van der Waals surface area contributed by atoms with Gasteiger partial charge in [0.25, 0.3) is 0 Å². The van der Waals surface area contributed by atoms with E-state index in [1.165, 1.54) is 29.7 Å². The SMILES string of the molecule is CC(C)c1ccc(CN(C(=O)CC2CSCCN2)C2CC2)cc1.Cl. The van der Waals surface area contributed by atoms with E-state index in [2.05, 4.69) is 48.3 Å². The van der Waals surface area contributed by atoms with Gasteiger partial charge in [-0.2, -0.15) is 11.8 Å². The summed E-state index contributed by atoms with van der Waals surface area (Å²) in [6, 6.07) is 9.61. The maximum Gasteiger partial charge on any atom is 0.224 e. The summed E-state index contributed by atoms with van der Waals surface area (Å²) in [5.41, 5.74) is 2.61. The lowest BCUT2D eigenvalue weighted by Crippen LogP contribution is -2.43. The number of amides is 1. The lowest BCUT2D eigenvalue weighted by Gasteiger charge is -2.28. The third-order valence-electron chi connectivity index (χ3n) is 4.73. The normalized spacial score (nSPS) is 20.5. The fraction of sp³-hybridized carbons (Fsp3) is 0.632. The highest BCUT2D eigenvalue weighted by Crippen LogP contribution is 2.29. The minimum absolute atomic E-state index is 0. The third-order valence-corrected chi connectivity index (χ3v) is 5.86. The molecule has 2 fully saturated rings. The molecule has 0 radical (unpaired) electrons. The molecule has 1 heterocycles. The summed E-state index contributed by atoms with van der Waals surface area (Å²) >= 11 is 1.96. The zero-order chi connectivity index (χ0) is 16.2. The molecule has 134 valence electrons. The van der Waals surface area contributed by atoms with Gasteiger partial charge in [0, 0.05) is 43.1 Å². The molecule has 1 N–H and O–H groups in total. The summed E-state index contributed by atoms with van der Waals surface area (Å²) in [4.78, 5) is 14.9. The van der Waals surface area contributed by atoms with E-state index < -0.39 is 0 Å². The summed E-state index contributed by atoms with van der Waals surface area (Å²) in [6.07, 6.45) is 2.99. The molecular weight excluding hydrogens is 340 g/mol. The summed E-state index contributed by atoms with van der Waals surface area (Å²) in [5.74, 6) is 3.10. The Hall–Kier alpha value is -0.710. The fourth-order valence-corrected chi connectivity index (χ4v) is 4.04. The second kappa shape index (κ2) is 9.12. The predicted molar refractivity (Wildman–Crippen MR) is 105 cm³/mol. The molecular formula is C19H29ClN2OS. The van der Waals surface area contributed by atoms with Crippen molar-refractivity contribution >= 4 is 30.1 Å². The van der Waals surface area contributed by atoms with Crippen molar-refractivity contribution < 1.29 is 4.79 Å². The van der Waals surface area contributed by atoms with Crippen LogP contribution >= 0.6 is 24.2 Å². The van der Waals surface area contributed by atoms with Gasteiger partial charge in [0.15, 0.2) is 0 Å². The lowest BCUT2D eigenvalue weighted by atomic mass is 10.0. The number of rotatable bonds is 6. The van der Waals surface area contributed by atoms with Gasteiger partial charge in [0.05, 0.1) is 0 Å². The number of halogens is 1. The van der Waals surface area contributed by atoms with Crippen molar-refractivity contribution in [1.29, 1.82) is 0 Å². The van der Waals surface area contributed by atoms with Crippen LogP contribution in [0.25, 0.3) is 0 Å². The molecule has 0 aromatic heterocycles. The van der Waals surface area contributed by atoms with Crippen molar-refractivity contribution in [2.45, 2.75) is 57.7 Å². The molecule has 1 unspecified atom stereocenters. The largest absolute Gasteiger partial charge is 0.335 e. The van der Waals surface area contributed by atoms with Crippen molar-refractivity contribution in [2.24, 2.45) is 0 Å². The topological polar surface area (TPSA) is 32.3 Å². The summed E-state index contributed by atoms with van der Waals surface area (Å²) in [7, 11) is 0. The highest BCUT2D eigenvalue weighted by atomic mass is 35.5. The van der Waals surface area contributed by atoms with E-state index in [-0.39, 0.29) is 12.4 Å². The minimum Gasteiger partial charge on any atom is -0.335 e. The van der Waals surface area contributed by atoms with Crippen molar-refractivity contribution in [3.05, 3.63) is 35.4 Å². The molecule has 1 aromatic rings. The monoisotopic (exact) mass is 368 g/mol. The van der Waals surface area contributed by atoms with Crippen LogP contribution in [0.5, 0.6) is 0 Å². The van der Waals surface area contributed by atoms with Gasteiger partial charge in [0.2, 0.25) is 5.91 Å². The zero-order valence-electron chi connectivity index (χ0n) is 14.7. The van der Waals surface area contributed by atoms with Crippen LogP contribution in [0.3, 0.4) is 0 Å². The fourth-order valence-electron chi connectivity index (χ4n) is 3.09. The molecule has 1 saturated heterocycles. The first-order valence-electron chi connectivity index (χ1n) is 8.83. The van der Waals surface area contributed by atoms with E-state index in [1.54, 1.807) is 0 Å². The number of carbonyl (C=O) groups is 1. The molecule has 5 heteroatoms. The number of hydrogen-bond acceptors (Lipinski definition) is 3. The first-order valence-corrected chi connectivity index (χ1v) is 9.98. The van der Waals surface area contributed by atoms with Crippen LogP contribution in [0.1, 0.15) is 50.2 Å². The van der Waals surface area contributed by atoms with Gasteiger partial charge < -0.3 is 10.2 Å². The molecule has 24 heavy (non-hydrogen) atoms. The Morgan fingerprint density at radius 3 is 2.54 bits per heavy atom. The van der Waals surface area contributed by atoms with E-state index in [9.17, 15) is 4.79 Å². The number of carbonyl (C=O) groups excluding carboxylic acids is 1. The maximum atomic E-state index is 12.7. The summed E-state index contributed by atoms with van der Waals surface area (Å²) < 4.78 is 0. The highest BCUT2D eigenvalue weighted by Gasteiger charge is 2.33. The molecule has 1 aromatic carbocycles. The molecule has 2 aliphatic rings. The average Bonchev–Trinajstić information content (AvgIpc) is 3.38. The lowest BCUT2D eigenvalue weighted by molar-refractivity contribution is -0.132. The van der Waals surface area contributed by atoms with E-state index in [4.69, 9.17) is 0 Å². The van der Waals surface area contributed by atoms with Gasteiger partial charge >= 0.3 is 0 Å². The van der Waals surface area contributed by atoms with Crippen LogP contribution in [-0.2, 0) is 11.3 Å². The number of benzene rings is 1. The Balaban J connectivity index is 0.00000208. The number of hydrogen-bond donors (Lipinski definition) is 1. The molecule has 1 atom stereocenters. The Morgan fingerprint density at radius 2 is 2.00 bits per heavy atom. The van der Waals surface area contributed by atoms with Crippen molar-refractivity contribution in [3.8, 4) is 0 Å². The minimum atomic E-state index is 0. The molecule has 1 amide bonds. The molecule has 3 nitrogen and oxygen atoms in total. The number of nitrogens with one attached hydrogen (secondary N) is 1. The van der Waals surface area contributed by atoms with Crippen molar-refractivity contribution in [2.75, 3.05) is 18.1 Å².